The number of ether oxygens (including phenoxy) is 1. The van der Waals surface area contributed by atoms with Crippen LogP contribution < -0.4 is 10.1 Å². The molecule has 0 fully saturated rings. The van der Waals surface area contributed by atoms with E-state index in [1.165, 1.54) is 6.07 Å². The summed E-state index contributed by atoms with van der Waals surface area (Å²) in [6.45, 7) is 2.32. The number of hydrogen-bond acceptors (Lipinski definition) is 3. The lowest BCUT2D eigenvalue weighted by Gasteiger charge is -2.07. The Hall–Kier alpha value is -2.49. The van der Waals surface area contributed by atoms with E-state index in [9.17, 15) is 9.90 Å². The van der Waals surface area contributed by atoms with Crippen LogP contribution in [-0.4, -0.2) is 24.7 Å². The molecule has 0 aliphatic carbocycles. The molecule has 4 heteroatoms. The van der Waals surface area contributed by atoms with E-state index in [0.717, 1.165) is 23.3 Å². The Balaban J connectivity index is 1.90. The van der Waals surface area contributed by atoms with Crippen LogP contribution in [0.3, 0.4) is 0 Å². The van der Waals surface area contributed by atoms with Crippen LogP contribution in [0.5, 0.6) is 11.5 Å². The van der Waals surface area contributed by atoms with E-state index in [-0.39, 0.29) is 11.7 Å². The third-order valence-corrected chi connectivity index (χ3v) is 3.30. The molecule has 0 aliphatic heterocycles. The molecule has 0 bridgehead atoms. The smallest absolute Gasteiger partial charge is 0.251 e. The van der Waals surface area contributed by atoms with Crippen molar-refractivity contribution in [3.8, 4) is 11.5 Å². The summed E-state index contributed by atoms with van der Waals surface area (Å²) in [5.41, 5.74) is 2.31. The number of phenols is 1. The predicted molar refractivity (Wildman–Crippen MR) is 81.9 cm³/mol. The van der Waals surface area contributed by atoms with E-state index in [4.69, 9.17) is 4.74 Å². The quantitative estimate of drug-likeness (QED) is 0.888. The minimum atomic E-state index is -0.187. The van der Waals surface area contributed by atoms with Gasteiger partial charge in [0.15, 0.2) is 0 Å². The number of carbonyl (C=O) groups excluding carboxylic acids is 1. The van der Waals surface area contributed by atoms with Crippen LogP contribution in [0.15, 0.2) is 42.5 Å². The van der Waals surface area contributed by atoms with Crippen LogP contribution in [-0.2, 0) is 6.42 Å². The zero-order valence-corrected chi connectivity index (χ0v) is 12.2. The lowest BCUT2D eigenvalue weighted by Crippen LogP contribution is -2.25. The summed E-state index contributed by atoms with van der Waals surface area (Å²) >= 11 is 0. The van der Waals surface area contributed by atoms with Crippen molar-refractivity contribution in [3.05, 3.63) is 59.2 Å². The second-order valence-electron chi connectivity index (χ2n) is 4.86. The van der Waals surface area contributed by atoms with Gasteiger partial charge in [-0.3, -0.25) is 4.79 Å². The maximum absolute atomic E-state index is 12.0. The summed E-state index contributed by atoms with van der Waals surface area (Å²) in [7, 11) is 1.63. The molecule has 0 spiro atoms. The van der Waals surface area contributed by atoms with Crippen molar-refractivity contribution in [2.24, 2.45) is 0 Å². The standard InChI is InChI=1S/C17H19NO3/c1-12-6-7-14(11-16(12)19)17(20)18-9-8-13-4-3-5-15(10-13)21-2/h3-7,10-11,19H,8-9H2,1-2H3,(H,18,20). The molecule has 2 rings (SSSR count). The first-order valence-corrected chi connectivity index (χ1v) is 6.81. The average Bonchev–Trinajstić information content (AvgIpc) is 2.50. The van der Waals surface area contributed by atoms with Gasteiger partial charge in [0.2, 0.25) is 0 Å². The number of phenolic OH excluding ortho intramolecular Hbond substituents is 1. The van der Waals surface area contributed by atoms with Crippen molar-refractivity contribution >= 4 is 5.91 Å². The number of methoxy groups -OCH3 is 1. The van der Waals surface area contributed by atoms with Gasteiger partial charge in [-0.25, -0.2) is 0 Å². The second kappa shape index (κ2) is 6.79. The van der Waals surface area contributed by atoms with Gasteiger partial charge in [-0.2, -0.15) is 0 Å². The molecule has 4 nitrogen and oxygen atoms in total. The van der Waals surface area contributed by atoms with E-state index >= 15 is 0 Å². The molecule has 0 heterocycles. The first kappa shape index (κ1) is 14.9. The lowest BCUT2D eigenvalue weighted by molar-refractivity contribution is 0.0953. The number of rotatable bonds is 5. The molecule has 0 aliphatic rings. The van der Waals surface area contributed by atoms with Crippen LogP contribution in [0.1, 0.15) is 21.5 Å². The van der Waals surface area contributed by atoms with Crippen molar-refractivity contribution in [1.29, 1.82) is 0 Å². The van der Waals surface area contributed by atoms with Gasteiger partial charge in [0.25, 0.3) is 5.91 Å². The van der Waals surface area contributed by atoms with Gasteiger partial charge in [-0.05, 0) is 48.7 Å². The molecular weight excluding hydrogens is 266 g/mol. The zero-order chi connectivity index (χ0) is 15.2. The number of aryl methyl sites for hydroxylation is 1. The Bertz CT molecular complexity index is 638. The molecule has 0 saturated carbocycles. The second-order valence-corrected chi connectivity index (χ2v) is 4.86. The highest BCUT2D eigenvalue weighted by Crippen LogP contribution is 2.17. The van der Waals surface area contributed by atoms with E-state index in [2.05, 4.69) is 5.32 Å². The first-order chi connectivity index (χ1) is 10.1. The van der Waals surface area contributed by atoms with E-state index < -0.39 is 0 Å². The van der Waals surface area contributed by atoms with Crippen LogP contribution in [0.25, 0.3) is 0 Å². The molecule has 0 atom stereocenters. The highest BCUT2D eigenvalue weighted by molar-refractivity contribution is 5.94. The number of carbonyl (C=O) groups is 1. The summed E-state index contributed by atoms with van der Waals surface area (Å²) in [6.07, 6.45) is 0.723. The number of aromatic hydroxyl groups is 1. The number of benzene rings is 2. The molecule has 21 heavy (non-hydrogen) atoms. The summed E-state index contributed by atoms with van der Waals surface area (Å²) in [4.78, 5) is 12.0. The normalized spacial score (nSPS) is 10.2. The first-order valence-electron chi connectivity index (χ1n) is 6.81. The maximum Gasteiger partial charge on any atom is 0.251 e. The molecule has 0 saturated heterocycles. The maximum atomic E-state index is 12.0. The van der Waals surface area contributed by atoms with Crippen LogP contribution in [0.4, 0.5) is 0 Å². The van der Waals surface area contributed by atoms with Gasteiger partial charge < -0.3 is 15.2 Å². The van der Waals surface area contributed by atoms with Crippen molar-refractivity contribution in [1.82, 2.24) is 5.32 Å². The SMILES string of the molecule is COc1cccc(CCNC(=O)c2ccc(C)c(O)c2)c1. The van der Waals surface area contributed by atoms with Crippen molar-refractivity contribution in [3.63, 3.8) is 0 Å². The topological polar surface area (TPSA) is 58.6 Å². The van der Waals surface area contributed by atoms with Gasteiger partial charge in [-0.15, -0.1) is 0 Å². The summed E-state index contributed by atoms with van der Waals surface area (Å²) < 4.78 is 5.16. The molecule has 1 amide bonds. The predicted octanol–water partition coefficient (Wildman–Crippen LogP) is 2.68. The number of amides is 1. The van der Waals surface area contributed by atoms with E-state index in [1.807, 2.05) is 24.3 Å². The summed E-state index contributed by atoms with van der Waals surface area (Å²) in [6, 6.07) is 12.7. The Morgan fingerprint density at radius 2 is 2.05 bits per heavy atom. The molecule has 0 radical (unpaired) electrons. The minimum absolute atomic E-state index is 0.135. The highest BCUT2D eigenvalue weighted by atomic mass is 16.5. The molecule has 0 aromatic heterocycles. The Morgan fingerprint density at radius 3 is 2.76 bits per heavy atom. The Morgan fingerprint density at radius 1 is 1.24 bits per heavy atom. The van der Waals surface area contributed by atoms with Gasteiger partial charge in [-0.1, -0.05) is 18.2 Å². The Kier molecular flexibility index (Phi) is 4.82. The van der Waals surface area contributed by atoms with Crippen molar-refractivity contribution in [2.75, 3.05) is 13.7 Å². The van der Waals surface area contributed by atoms with Crippen LogP contribution in [0, 0.1) is 6.92 Å². The molecular formula is C17H19NO3. The monoisotopic (exact) mass is 285 g/mol. The Labute approximate surface area is 124 Å². The molecule has 2 aromatic carbocycles. The van der Waals surface area contributed by atoms with Gasteiger partial charge in [0.1, 0.15) is 11.5 Å². The van der Waals surface area contributed by atoms with E-state index in [1.54, 1.807) is 26.2 Å². The van der Waals surface area contributed by atoms with Crippen LogP contribution >= 0.6 is 0 Å². The lowest BCUT2D eigenvalue weighted by atomic mass is 10.1. The minimum Gasteiger partial charge on any atom is -0.508 e. The summed E-state index contributed by atoms with van der Waals surface area (Å²) in [5, 5.41) is 12.5. The van der Waals surface area contributed by atoms with Gasteiger partial charge in [0, 0.05) is 12.1 Å². The summed E-state index contributed by atoms with van der Waals surface area (Å²) in [5.74, 6) is 0.755. The molecule has 110 valence electrons. The molecule has 2 N–H and O–H groups in total. The van der Waals surface area contributed by atoms with Gasteiger partial charge >= 0.3 is 0 Å². The van der Waals surface area contributed by atoms with Crippen molar-refractivity contribution in [2.45, 2.75) is 13.3 Å². The molecule has 0 unspecified atom stereocenters. The fourth-order valence-electron chi connectivity index (χ4n) is 2.00. The van der Waals surface area contributed by atoms with Gasteiger partial charge in [0.05, 0.1) is 7.11 Å². The fraction of sp³-hybridized carbons (Fsp3) is 0.235. The average molecular weight is 285 g/mol. The third-order valence-electron chi connectivity index (χ3n) is 3.30. The highest BCUT2D eigenvalue weighted by Gasteiger charge is 2.07. The largest absolute Gasteiger partial charge is 0.508 e. The zero-order valence-electron chi connectivity index (χ0n) is 12.2. The van der Waals surface area contributed by atoms with Crippen LogP contribution in [0.2, 0.25) is 0 Å². The third kappa shape index (κ3) is 3.99. The van der Waals surface area contributed by atoms with Crippen molar-refractivity contribution < 1.29 is 14.6 Å². The number of nitrogens with one attached hydrogen (secondary N) is 1. The van der Waals surface area contributed by atoms with E-state index in [0.29, 0.717) is 12.1 Å². The molecule has 2 aromatic rings. The fourth-order valence-corrected chi connectivity index (χ4v) is 2.00. The number of hydrogen-bond donors (Lipinski definition) is 2.